The number of nitrogens with zero attached hydrogens (tertiary/aromatic N) is 1. The molecule has 3 nitrogen and oxygen atoms in total. The zero-order valence-corrected chi connectivity index (χ0v) is 6.50. The van der Waals surface area contributed by atoms with Gasteiger partial charge in [-0.15, -0.1) is 0 Å². The molecule has 1 aliphatic heterocycles. The molecule has 60 valence electrons. The van der Waals surface area contributed by atoms with E-state index >= 15 is 0 Å². The van der Waals surface area contributed by atoms with Crippen LogP contribution in [0, 0.1) is 11.3 Å². The maximum atomic E-state index is 8.68. The van der Waals surface area contributed by atoms with Gasteiger partial charge in [-0.05, 0) is 11.6 Å². The van der Waals surface area contributed by atoms with Gasteiger partial charge in [0, 0.05) is 12.5 Å². The first-order chi connectivity index (χ1) is 5.81. The second-order valence-corrected chi connectivity index (χ2v) is 2.76. The smallest absolute Gasteiger partial charge is 0.124 e. The van der Waals surface area contributed by atoms with Crippen LogP contribution in [-0.4, -0.2) is 6.61 Å². The minimum Gasteiger partial charge on any atom is -0.493 e. The molecule has 0 aliphatic carbocycles. The van der Waals surface area contributed by atoms with Crippen molar-refractivity contribution >= 4 is 5.69 Å². The Morgan fingerprint density at radius 2 is 2.33 bits per heavy atom. The van der Waals surface area contributed by atoms with E-state index in [-0.39, 0.29) is 0 Å². The summed E-state index contributed by atoms with van der Waals surface area (Å²) in [5, 5.41) is 8.68. The lowest BCUT2D eigenvalue weighted by Crippen LogP contribution is -1.91. The lowest BCUT2D eigenvalue weighted by atomic mass is 10.1. The molecular formula is C9H8N2O. The standard InChI is InChI=1S/C9H8N2O/c10-5-7-3-6-1-2-12-9(6)4-8(7)11/h3-4H,1-2,11H2. The summed E-state index contributed by atoms with van der Waals surface area (Å²) < 4.78 is 5.29. The van der Waals surface area contributed by atoms with E-state index in [1.54, 1.807) is 12.1 Å². The van der Waals surface area contributed by atoms with Crippen molar-refractivity contribution in [2.45, 2.75) is 6.42 Å². The molecule has 12 heavy (non-hydrogen) atoms. The van der Waals surface area contributed by atoms with Crippen molar-refractivity contribution in [3.8, 4) is 11.8 Å². The second kappa shape index (κ2) is 2.42. The van der Waals surface area contributed by atoms with E-state index in [1.165, 1.54) is 0 Å². The number of fused-ring (bicyclic) bond motifs is 1. The number of hydrogen-bond acceptors (Lipinski definition) is 3. The summed E-state index contributed by atoms with van der Waals surface area (Å²) in [6.45, 7) is 0.698. The third-order valence-electron chi connectivity index (χ3n) is 1.98. The van der Waals surface area contributed by atoms with Crippen LogP contribution in [0.4, 0.5) is 5.69 Å². The molecule has 0 saturated carbocycles. The SMILES string of the molecule is N#Cc1cc2c(cc1N)OCC2. The summed E-state index contributed by atoms with van der Waals surface area (Å²) in [7, 11) is 0. The Hall–Kier alpha value is -1.69. The van der Waals surface area contributed by atoms with E-state index < -0.39 is 0 Å². The summed E-state index contributed by atoms with van der Waals surface area (Å²) in [5.74, 6) is 0.825. The van der Waals surface area contributed by atoms with Crippen molar-refractivity contribution in [1.82, 2.24) is 0 Å². The van der Waals surface area contributed by atoms with Gasteiger partial charge in [0.1, 0.15) is 11.8 Å². The summed E-state index contributed by atoms with van der Waals surface area (Å²) in [5.41, 5.74) is 7.72. The Morgan fingerprint density at radius 1 is 1.50 bits per heavy atom. The van der Waals surface area contributed by atoms with E-state index in [1.807, 2.05) is 6.07 Å². The van der Waals surface area contributed by atoms with Crippen LogP contribution in [-0.2, 0) is 6.42 Å². The van der Waals surface area contributed by atoms with E-state index in [2.05, 4.69) is 0 Å². The minimum absolute atomic E-state index is 0.498. The van der Waals surface area contributed by atoms with Gasteiger partial charge in [-0.1, -0.05) is 0 Å². The van der Waals surface area contributed by atoms with Gasteiger partial charge in [0.2, 0.25) is 0 Å². The van der Waals surface area contributed by atoms with Gasteiger partial charge in [-0.2, -0.15) is 5.26 Å². The van der Waals surface area contributed by atoms with E-state index in [0.29, 0.717) is 17.9 Å². The lowest BCUT2D eigenvalue weighted by molar-refractivity contribution is 0.357. The van der Waals surface area contributed by atoms with E-state index in [0.717, 1.165) is 17.7 Å². The van der Waals surface area contributed by atoms with Gasteiger partial charge in [-0.3, -0.25) is 0 Å². The molecule has 2 N–H and O–H groups in total. The highest BCUT2D eigenvalue weighted by Gasteiger charge is 2.14. The molecule has 0 amide bonds. The van der Waals surface area contributed by atoms with Crippen molar-refractivity contribution in [2.75, 3.05) is 12.3 Å². The molecule has 0 unspecified atom stereocenters. The third kappa shape index (κ3) is 0.892. The molecule has 1 aromatic carbocycles. The van der Waals surface area contributed by atoms with Crippen LogP contribution < -0.4 is 10.5 Å². The average Bonchev–Trinajstić information content (AvgIpc) is 2.49. The predicted octanol–water partition coefficient (Wildman–Crippen LogP) is 1.08. The Morgan fingerprint density at radius 3 is 3.08 bits per heavy atom. The van der Waals surface area contributed by atoms with E-state index in [4.69, 9.17) is 15.7 Å². The first-order valence-corrected chi connectivity index (χ1v) is 3.76. The summed E-state index contributed by atoms with van der Waals surface area (Å²) >= 11 is 0. The monoisotopic (exact) mass is 160 g/mol. The van der Waals surface area contributed by atoms with Crippen LogP contribution in [0.1, 0.15) is 11.1 Å². The van der Waals surface area contributed by atoms with Crippen LogP contribution in [0.2, 0.25) is 0 Å². The fourth-order valence-electron chi connectivity index (χ4n) is 1.34. The highest BCUT2D eigenvalue weighted by molar-refractivity contribution is 5.60. The number of nitriles is 1. The molecule has 1 heterocycles. The zero-order valence-electron chi connectivity index (χ0n) is 6.50. The van der Waals surface area contributed by atoms with Crippen LogP contribution in [0.25, 0.3) is 0 Å². The average molecular weight is 160 g/mol. The summed E-state index contributed by atoms with van der Waals surface area (Å²) in [6.07, 6.45) is 0.879. The summed E-state index contributed by atoms with van der Waals surface area (Å²) in [6, 6.07) is 5.57. The van der Waals surface area contributed by atoms with E-state index in [9.17, 15) is 0 Å². The minimum atomic E-state index is 0.498. The Labute approximate surface area is 70.4 Å². The highest BCUT2D eigenvalue weighted by Crippen LogP contribution is 2.29. The van der Waals surface area contributed by atoms with Gasteiger partial charge in [0.25, 0.3) is 0 Å². The van der Waals surface area contributed by atoms with Crippen molar-refractivity contribution in [2.24, 2.45) is 0 Å². The van der Waals surface area contributed by atoms with Crippen molar-refractivity contribution in [1.29, 1.82) is 5.26 Å². The molecule has 3 heteroatoms. The van der Waals surface area contributed by atoms with Gasteiger partial charge in [-0.25, -0.2) is 0 Å². The Balaban J connectivity index is 2.59. The molecule has 0 aromatic heterocycles. The fraction of sp³-hybridized carbons (Fsp3) is 0.222. The molecule has 0 fully saturated rings. The lowest BCUT2D eigenvalue weighted by Gasteiger charge is -2.01. The van der Waals surface area contributed by atoms with Crippen molar-refractivity contribution in [3.63, 3.8) is 0 Å². The quantitative estimate of drug-likeness (QED) is 0.577. The molecular weight excluding hydrogens is 152 g/mol. The number of ether oxygens (including phenoxy) is 1. The van der Waals surface area contributed by atoms with Crippen molar-refractivity contribution in [3.05, 3.63) is 23.3 Å². The van der Waals surface area contributed by atoms with Crippen LogP contribution in [0.15, 0.2) is 12.1 Å². The number of anilines is 1. The van der Waals surface area contributed by atoms with Crippen molar-refractivity contribution < 1.29 is 4.74 Å². The number of nitrogens with two attached hydrogens (primary N) is 1. The maximum Gasteiger partial charge on any atom is 0.124 e. The molecule has 1 aromatic rings. The zero-order chi connectivity index (χ0) is 8.55. The number of hydrogen-bond donors (Lipinski definition) is 1. The molecule has 0 radical (unpaired) electrons. The fourth-order valence-corrected chi connectivity index (χ4v) is 1.34. The first kappa shape index (κ1) is 6.99. The predicted molar refractivity (Wildman–Crippen MR) is 44.8 cm³/mol. The van der Waals surface area contributed by atoms with Gasteiger partial charge >= 0.3 is 0 Å². The van der Waals surface area contributed by atoms with Crippen LogP contribution in [0.5, 0.6) is 5.75 Å². The van der Waals surface area contributed by atoms with Gasteiger partial charge < -0.3 is 10.5 Å². The largest absolute Gasteiger partial charge is 0.493 e. The highest BCUT2D eigenvalue weighted by atomic mass is 16.5. The molecule has 0 spiro atoms. The van der Waals surface area contributed by atoms with Crippen LogP contribution in [0.3, 0.4) is 0 Å². The first-order valence-electron chi connectivity index (χ1n) is 3.76. The number of rotatable bonds is 0. The Bertz CT molecular complexity index is 365. The molecule has 2 rings (SSSR count). The molecule has 0 bridgehead atoms. The molecule has 0 saturated heterocycles. The number of benzene rings is 1. The van der Waals surface area contributed by atoms with Gasteiger partial charge in [0.15, 0.2) is 0 Å². The normalized spacial score (nSPS) is 13.2. The topological polar surface area (TPSA) is 59.0 Å². The number of nitrogen functional groups attached to an aromatic ring is 1. The maximum absolute atomic E-state index is 8.68. The van der Waals surface area contributed by atoms with Crippen LogP contribution >= 0.6 is 0 Å². The second-order valence-electron chi connectivity index (χ2n) is 2.76. The Kier molecular flexibility index (Phi) is 1.41. The third-order valence-corrected chi connectivity index (χ3v) is 1.98. The van der Waals surface area contributed by atoms with Gasteiger partial charge in [0.05, 0.1) is 17.9 Å². The molecule has 1 aliphatic rings. The summed E-state index contributed by atoms with van der Waals surface area (Å²) in [4.78, 5) is 0. The molecule has 0 atom stereocenters.